The van der Waals surface area contributed by atoms with Crippen molar-refractivity contribution in [3.63, 3.8) is 0 Å². The van der Waals surface area contributed by atoms with Crippen molar-refractivity contribution >= 4 is 5.91 Å². The van der Waals surface area contributed by atoms with Crippen LogP contribution in [0.25, 0.3) is 0 Å². The Hall–Kier alpha value is -1.42. The first-order valence-electron chi connectivity index (χ1n) is 5.19. The first-order chi connectivity index (χ1) is 7.34. The molecule has 0 aromatic carbocycles. The molecule has 0 radical (unpaired) electrons. The number of nitrogens with zero attached hydrogens (tertiary/aromatic N) is 2. The van der Waals surface area contributed by atoms with E-state index in [0.29, 0.717) is 17.8 Å². The summed E-state index contributed by atoms with van der Waals surface area (Å²) in [4.78, 5) is 17.8. The van der Waals surface area contributed by atoms with Gasteiger partial charge in [-0.05, 0) is 18.6 Å². The smallest absolute Gasteiger partial charge is 0.254 e. The molecule has 0 spiro atoms. The Labute approximate surface area is 87.9 Å². The van der Waals surface area contributed by atoms with E-state index >= 15 is 0 Å². The fraction of sp³-hybridized carbons (Fsp3) is 0.455. The Bertz CT molecular complexity index is 379. The zero-order valence-electron chi connectivity index (χ0n) is 8.30. The normalized spacial score (nSPS) is 28.4. The fourth-order valence-corrected chi connectivity index (χ4v) is 2.05. The number of rotatable bonds is 1. The average Bonchev–Trinajstić information content (AvgIpc) is 3.07. The molecule has 0 aliphatic carbocycles. The van der Waals surface area contributed by atoms with Crippen molar-refractivity contribution < 1.29 is 9.53 Å². The van der Waals surface area contributed by atoms with Crippen LogP contribution in [0.2, 0.25) is 0 Å². The van der Waals surface area contributed by atoms with E-state index in [1.54, 1.807) is 24.5 Å². The molecule has 2 fully saturated rings. The summed E-state index contributed by atoms with van der Waals surface area (Å²) < 4.78 is 5.39. The molecule has 2 saturated heterocycles. The second-order valence-corrected chi connectivity index (χ2v) is 3.99. The number of carbonyl (C=O) groups is 1. The maximum absolute atomic E-state index is 12.0. The zero-order chi connectivity index (χ0) is 10.3. The van der Waals surface area contributed by atoms with Gasteiger partial charge in [0, 0.05) is 31.0 Å². The van der Waals surface area contributed by atoms with Crippen molar-refractivity contribution in [2.45, 2.75) is 18.6 Å². The summed E-state index contributed by atoms with van der Waals surface area (Å²) >= 11 is 0. The molecule has 4 heteroatoms. The molecule has 0 N–H and O–H groups in total. The predicted molar refractivity (Wildman–Crippen MR) is 53.4 cm³/mol. The van der Waals surface area contributed by atoms with E-state index in [1.165, 1.54) is 0 Å². The molecule has 2 atom stereocenters. The van der Waals surface area contributed by atoms with E-state index in [-0.39, 0.29) is 5.91 Å². The van der Waals surface area contributed by atoms with Crippen molar-refractivity contribution in [3.05, 3.63) is 30.1 Å². The van der Waals surface area contributed by atoms with Crippen LogP contribution in [-0.4, -0.2) is 41.1 Å². The molecule has 3 rings (SSSR count). The summed E-state index contributed by atoms with van der Waals surface area (Å²) in [6.45, 7) is 1.55. The van der Waals surface area contributed by atoms with E-state index in [4.69, 9.17) is 4.74 Å². The summed E-state index contributed by atoms with van der Waals surface area (Å²) in [6, 6.07) is 3.50. The van der Waals surface area contributed by atoms with Gasteiger partial charge in [0.15, 0.2) is 0 Å². The van der Waals surface area contributed by atoms with Crippen LogP contribution in [0.4, 0.5) is 0 Å². The summed E-state index contributed by atoms with van der Waals surface area (Å²) in [6.07, 6.45) is 4.99. The molecule has 0 unspecified atom stereocenters. The van der Waals surface area contributed by atoms with Crippen LogP contribution in [0.15, 0.2) is 24.5 Å². The molecule has 0 saturated carbocycles. The number of carbonyl (C=O) groups excluding carboxylic acids is 1. The summed E-state index contributed by atoms with van der Waals surface area (Å²) in [5, 5.41) is 0. The van der Waals surface area contributed by atoms with Crippen LogP contribution >= 0.6 is 0 Å². The summed E-state index contributed by atoms with van der Waals surface area (Å²) in [5.41, 5.74) is 0.712. The molecule has 1 aromatic heterocycles. The number of hydrogen-bond acceptors (Lipinski definition) is 3. The first-order valence-corrected chi connectivity index (χ1v) is 5.19. The summed E-state index contributed by atoms with van der Waals surface area (Å²) in [5.74, 6) is 0.0892. The summed E-state index contributed by atoms with van der Waals surface area (Å²) in [7, 11) is 0. The van der Waals surface area contributed by atoms with Gasteiger partial charge in [-0.2, -0.15) is 0 Å². The van der Waals surface area contributed by atoms with E-state index in [9.17, 15) is 4.79 Å². The van der Waals surface area contributed by atoms with E-state index in [0.717, 1.165) is 19.5 Å². The Balaban J connectivity index is 1.74. The number of hydrogen-bond donors (Lipinski definition) is 0. The third kappa shape index (κ3) is 1.61. The number of piperidine rings is 1. The number of fused-ring (bicyclic) bond motifs is 1. The largest absolute Gasteiger partial charge is 0.368 e. The first kappa shape index (κ1) is 8.85. The van der Waals surface area contributed by atoms with Crippen LogP contribution in [-0.2, 0) is 4.74 Å². The molecule has 3 heterocycles. The van der Waals surface area contributed by atoms with Gasteiger partial charge < -0.3 is 9.64 Å². The van der Waals surface area contributed by atoms with Crippen molar-refractivity contribution in [1.82, 2.24) is 9.88 Å². The zero-order valence-corrected chi connectivity index (χ0v) is 8.30. The van der Waals surface area contributed by atoms with Crippen molar-refractivity contribution in [1.29, 1.82) is 0 Å². The third-order valence-electron chi connectivity index (χ3n) is 2.99. The second kappa shape index (κ2) is 3.31. The highest BCUT2D eigenvalue weighted by Crippen LogP contribution is 2.31. The molecule has 1 amide bonds. The average molecular weight is 204 g/mol. The van der Waals surface area contributed by atoms with Crippen molar-refractivity contribution in [2.75, 3.05) is 13.1 Å². The molecule has 2 aliphatic rings. The van der Waals surface area contributed by atoms with Crippen LogP contribution < -0.4 is 0 Å². The van der Waals surface area contributed by atoms with E-state index in [1.807, 2.05) is 4.90 Å². The monoisotopic (exact) mass is 204 g/mol. The number of likely N-dealkylation sites (tertiary alicyclic amines) is 1. The highest BCUT2D eigenvalue weighted by molar-refractivity contribution is 5.94. The predicted octanol–water partition coefficient (Wildman–Crippen LogP) is 0.695. The number of pyridine rings is 1. The SMILES string of the molecule is O=C(c1ccncc1)N1CC[C@H]2O[C@@H]2C1. The lowest BCUT2D eigenvalue weighted by Gasteiger charge is -2.24. The van der Waals surface area contributed by atoms with Crippen LogP contribution in [0.1, 0.15) is 16.8 Å². The van der Waals surface area contributed by atoms with E-state index < -0.39 is 0 Å². The number of amides is 1. The van der Waals surface area contributed by atoms with Crippen LogP contribution in [0.5, 0.6) is 0 Å². The topological polar surface area (TPSA) is 45.7 Å². The minimum atomic E-state index is 0.0892. The minimum Gasteiger partial charge on any atom is -0.368 e. The van der Waals surface area contributed by atoms with Gasteiger partial charge in [0.2, 0.25) is 0 Å². The third-order valence-corrected chi connectivity index (χ3v) is 2.99. The molecule has 4 nitrogen and oxygen atoms in total. The minimum absolute atomic E-state index is 0.0892. The maximum Gasteiger partial charge on any atom is 0.254 e. The van der Waals surface area contributed by atoms with Gasteiger partial charge in [-0.3, -0.25) is 9.78 Å². The van der Waals surface area contributed by atoms with Gasteiger partial charge >= 0.3 is 0 Å². The Morgan fingerprint density at radius 3 is 2.93 bits per heavy atom. The quantitative estimate of drug-likeness (QED) is 0.632. The Morgan fingerprint density at radius 2 is 2.20 bits per heavy atom. The lowest BCUT2D eigenvalue weighted by Crippen LogP contribution is -2.39. The van der Waals surface area contributed by atoms with Gasteiger partial charge in [0.05, 0.1) is 6.10 Å². The lowest BCUT2D eigenvalue weighted by molar-refractivity contribution is 0.0736. The molecular weight excluding hydrogens is 192 g/mol. The molecule has 2 aliphatic heterocycles. The molecule has 15 heavy (non-hydrogen) atoms. The maximum atomic E-state index is 12.0. The molecule has 0 bridgehead atoms. The highest BCUT2D eigenvalue weighted by Gasteiger charge is 2.44. The van der Waals surface area contributed by atoms with Crippen molar-refractivity contribution in [3.8, 4) is 0 Å². The Morgan fingerprint density at radius 1 is 1.40 bits per heavy atom. The Kier molecular flexibility index (Phi) is 1.95. The van der Waals surface area contributed by atoms with Gasteiger partial charge in [0.1, 0.15) is 6.10 Å². The number of ether oxygens (including phenoxy) is 1. The van der Waals surface area contributed by atoms with Crippen LogP contribution in [0.3, 0.4) is 0 Å². The standard InChI is InChI=1S/C11H12N2O2/c14-11(8-1-4-12-5-2-8)13-6-3-9-10(7-13)15-9/h1-2,4-5,9-10H,3,6-7H2/t9-,10-/m1/s1. The van der Waals surface area contributed by atoms with Crippen molar-refractivity contribution in [2.24, 2.45) is 0 Å². The lowest BCUT2D eigenvalue weighted by atomic mass is 10.1. The number of aromatic nitrogens is 1. The highest BCUT2D eigenvalue weighted by atomic mass is 16.6. The molecule has 1 aromatic rings. The van der Waals surface area contributed by atoms with Crippen LogP contribution in [0, 0.1) is 0 Å². The van der Waals surface area contributed by atoms with Gasteiger partial charge in [-0.25, -0.2) is 0 Å². The van der Waals surface area contributed by atoms with Gasteiger partial charge in [0.25, 0.3) is 5.91 Å². The van der Waals surface area contributed by atoms with Gasteiger partial charge in [-0.15, -0.1) is 0 Å². The molecule has 78 valence electrons. The second-order valence-electron chi connectivity index (χ2n) is 3.99. The number of epoxide rings is 1. The van der Waals surface area contributed by atoms with E-state index in [2.05, 4.69) is 4.98 Å². The van der Waals surface area contributed by atoms with Gasteiger partial charge in [-0.1, -0.05) is 0 Å². The molecular formula is C11H12N2O2. The fourth-order valence-electron chi connectivity index (χ4n) is 2.05.